The third-order valence-corrected chi connectivity index (χ3v) is 3.11. The molecule has 0 N–H and O–H groups in total. The van der Waals surface area contributed by atoms with Crippen LogP contribution in [0, 0.1) is 5.92 Å². The van der Waals surface area contributed by atoms with E-state index >= 15 is 0 Å². The van der Waals surface area contributed by atoms with Crippen molar-refractivity contribution in [1.29, 1.82) is 0 Å². The van der Waals surface area contributed by atoms with Gasteiger partial charge < -0.3 is 9.47 Å². The summed E-state index contributed by atoms with van der Waals surface area (Å²) in [5, 5.41) is 0. The van der Waals surface area contributed by atoms with Crippen molar-refractivity contribution in [3.8, 4) is 0 Å². The molecule has 0 aromatic heterocycles. The lowest BCUT2D eigenvalue weighted by atomic mass is 9.81. The molecule has 0 aliphatic carbocycles. The molecule has 0 saturated carbocycles. The highest BCUT2D eigenvalue weighted by Crippen LogP contribution is 2.32. The van der Waals surface area contributed by atoms with E-state index in [1.54, 1.807) is 0 Å². The highest BCUT2D eigenvalue weighted by Gasteiger charge is 2.37. The molecule has 4 heteroatoms. The van der Waals surface area contributed by atoms with Crippen LogP contribution in [0.2, 0.25) is 0 Å². The fourth-order valence-corrected chi connectivity index (χ4v) is 2.18. The summed E-state index contributed by atoms with van der Waals surface area (Å²) in [6.45, 7) is 5.73. The second-order valence-electron chi connectivity index (χ2n) is 4.70. The molecule has 1 rings (SSSR count). The molecule has 0 bridgehead atoms. The first-order chi connectivity index (χ1) is 9.51. The van der Waals surface area contributed by atoms with Gasteiger partial charge >= 0.3 is 11.9 Å². The smallest absolute Gasteiger partial charge is 0.320 e. The van der Waals surface area contributed by atoms with Gasteiger partial charge in [0.1, 0.15) is 0 Å². The molecule has 4 nitrogen and oxygen atoms in total. The summed E-state index contributed by atoms with van der Waals surface area (Å²) in [7, 11) is 2.53. The maximum Gasteiger partial charge on any atom is 0.320 e. The van der Waals surface area contributed by atoms with Crippen LogP contribution >= 0.6 is 0 Å². The van der Waals surface area contributed by atoms with Gasteiger partial charge in [-0.1, -0.05) is 35.9 Å². The van der Waals surface area contributed by atoms with E-state index in [2.05, 4.69) is 6.58 Å². The van der Waals surface area contributed by atoms with Crippen LogP contribution in [0.15, 0.2) is 42.5 Å². The number of hydrogen-bond donors (Lipinski definition) is 0. The van der Waals surface area contributed by atoms with Gasteiger partial charge in [0.15, 0.2) is 5.92 Å². The van der Waals surface area contributed by atoms with Gasteiger partial charge in [0.25, 0.3) is 0 Å². The summed E-state index contributed by atoms with van der Waals surface area (Å²) in [6.07, 6.45) is 0.513. The summed E-state index contributed by atoms with van der Waals surface area (Å²) < 4.78 is 9.50. The average molecular weight is 276 g/mol. The molecule has 0 heterocycles. The van der Waals surface area contributed by atoms with Crippen LogP contribution in [-0.4, -0.2) is 26.2 Å². The van der Waals surface area contributed by atoms with Crippen molar-refractivity contribution in [2.75, 3.05) is 14.2 Å². The van der Waals surface area contributed by atoms with Crippen LogP contribution in [-0.2, 0) is 19.1 Å². The number of ether oxygens (including phenoxy) is 2. The molecule has 0 aliphatic rings. The zero-order valence-corrected chi connectivity index (χ0v) is 12.1. The molecule has 1 atom stereocenters. The molecular weight excluding hydrogens is 256 g/mol. The highest BCUT2D eigenvalue weighted by atomic mass is 16.5. The number of carbonyl (C=O) groups is 2. The van der Waals surface area contributed by atoms with E-state index in [1.807, 2.05) is 37.3 Å². The molecule has 0 radical (unpaired) electrons. The summed E-state index contributed by atoms with van der Waals surface area (Å²) in [4.78, 5) is 23.9. The van der Waals surface area contributed by atoms with E-state index in [9.17, 15) is 9.59 Å². The van der Waals surface area contributed by atoms with Gasteiger partial charge in [-0.3, -0.25) is 9.59 Å². The first kappa shape index (κ1) is 16.0. The average Bonchev–Trinajstić information content (AvgIpc) is 2.46. The van der Waals surface area contributed by atoms with Crippen LogP contribution < -0.4 is 0 Å². The molecule has 0 fully saturated rings. The number of methoxy groups -OCH3 is 2. The van der Waals surface area contributed by atoms with Gasteiger partial charge in [-0.15, -0.1) is 6.58 Å². The zero-order chi connectivity index (χ0) is 15.1. The summed E-state index contributed by atoms with van der Waals surface area (Å²) >= 11 is 0. The number of carbonyl (C=O) groups excluding carboxylic acids is 2. The molecule has 1 unspecified atom stereocenters. The van der Waals surface area contributed by atoms with Crippen molar-refractivity contribution in [2.45, 2.75) is 19.3 Å². The van der Waals surface area contributed by atoms with Crippen molar-refractivity contribution >= 4 is 11.9 Å². The lowest BCUT2D eigenvalue weighted by Crippen LogP contribution is -2.32. The molecule has 0 spiro atoms. The molecule has 0 aliphatic heterocycles. The van der Waals surface area contributed by atoms with Gasteiger partial charge in [-0.25, -0.2) is 0 Å². The second-order valence-corrected chi connectivity index (χ2v) is 4.70. The van der Waals surface area contributed by atoms with E-state index in [-0.39, 0.29) is 5.92 Å². The van der Waals surface area contributed by atoms with Crippen molar-refractivity contribution < 1.29 is 19.1 Å². The van der Waals surface area contributed by atoms with Crippen LogP contribution in [0.25, 0.3) is 0 Å². The van der Waals surface area contributed by atoms with Crippen molar-refractivity contribution in [1.82, 2.24) is 0 Å². The molecule has 0 amide bonds. The maximum atomic E-state index is 12.0. The van der Waals surface area contributed by atoms with Crippen LogP contribution in [0.3, 0.4) is 0 Å². The fraction of sp³-hybridized carbons (Fsp3) is 0.375. The Kier molecular flexibility index (Phi) is 5.97. The van der Waals surface area contributed by atoms with Crippen molar-refractivity contribution in [2.24, 2.45) is 5.92 Å². The SMILES string of the molecule is C=C(C)CC(c1ccccc1)C(C(=O)OC)C(=O)OC. The fourth-order valence-electron chi connectivity index (χ4n) is 2.18. The largest absolute Gasteiger partial charge is 0.468 e. The number of benzene rings is 1. The highest BCUT2D eigenvalue weighted by molar-refractivity contribution is 5.96. The standard InChI is InChI=1S/C16H20O4/c1-11(2)10-13(12-8-6-5-7-9-12)14(15(17)19-3)16(18)20-4/h5-9,13-14H,1,10H2,2-4H3. The first-order valence-corrected chi connectivity index (χ1v) is 6.36. The Morgan fingerprint density at radius 1 is 1.10 bits per heavy atom. The predicted molar refractivity (Wildman–Crippen MR) is 76.1 cm³/mol. The molecule has 108 valence electrons. The predicted octanol–water partition coefficient (Wildman–Crippen LogP) is 2.70. The monoisotopic (exact) mass is 276 g/mol. The molecule has 20 heavy (non-hydrogen) atoms. The Labute approximate surface area is 119 Å². The Balaban J connectivity index is 3.21. The Morgan fingerprint density at radius 2 is 1.60 bits per heavy atom. The van der Waals surface area contributed by atoms with Gasteiger partial charge in [0.05, 0.1) is 14.2 Å². The molecule has 1 aromatic carbocycles. The number of allylic oxidation sites excluding steroid dienone is 1. The number of hydrogen-bond acceptors (Lipinski definition) is 4. The zero-order valence-electron chi connectivity index (χ0n) is 12.1. The first-order valence-electron chi connectivity index (χ1n) is 6.36. The van der Waals surface area contributed by atoms with Gasteiger partial charge in [0, 0.05) is 5.92 Å². The van der Waals surface area contributed by atoms with E-state index in [1.165, 1.54) is 14.2 Å². The topological polar surface area (TPSA) is 52.6 Å². The van der Waals surface area contributed by atoms with Gasteiger partial charge in [0.2, 0.25) is 0 Å². The van der Waals surface area contributed by atoms with E-state index in [0.717, 1.165) is 11.1 Å². The Morgan fingerprint density at radius 3 is 2.00 bits per heavy atom. The van der Waals surface area contributed by atoms with Crippen molar-refractivity contribution in [3.05, 3.63) is 48.0 Å². The summed E-state index contributed by atoms with van der Waals surface area (Å²) in [5.41, 5.74) is 1.77. The molecule has 0 saturated heterocycles. The van der Waals surface area contributed by atoms with E-state index in [4.69, 9.17) is 9.47 Å². The van der Waals surface area contributed by atoms with E-state index < -0.39 is 17.9 Å². The summed E-state index contributed by atoms with van der Waals surface area (Å²) in [6, 6.07) is 9.38. The minimum absolute atomic E-state index is 0.339. The van der Waals surface area contributed by atoms with Crippen LogP contribution in [0.5, 0.6) is 0 Å². The van der Waals surface area contributed by atoms with Crippen LogP contribution in [0.4, 0.5) is 0 Å². The second kappa shape index (κ2) is 7.48. The lowest BCUT2D eigenvalue weighted by molar-refractivity contribution is -0.160. The van der Waals surface area contributed by atoms with Crippen molar-refractivity contribution in [3.63, 3.8) is 0 Å². The number of rotatable bonds is 6. The third kappa shape index (κ3) is 3.95. The number of esters is 2. The quantitative estimate of drug-likeness (QED) is 0.455. The third-order valence-electron chi connectivity index (χ3n) is 3.11. The van der Waals surface area contributed by atoms with Crippen LogP contribution in [0.1, 0.15) is 24.8 Å². The van der Waals surface area contributed by atoms with E-state index in [0.29, 0.717) is 6.42 Å². The lowest BCUT2D eigenvalue weighted by Gasteiger charge is -2.24. The minimum atomic E-state index is -0.982. The molecule has 1 aromatic rings. The Hall–Kier alpha value is -2.10. The maximum absolute atomic E-state index is 12.0. The normalized spacial score (nSPS) is 11.8. The Bertz CT molecular complexity index is 463. The van der Waals surface area contributed by atoms with Gasteiger partial charge in [-0.05, 0) is 18.9 Å². The molecular formula is C16H20O4. The summed E-state index contributed by atoms with van der Waals surface area (Å²) in [5.74, 6) is -2.50. The minimum Gasteiger partial charge on any atom is -0.468 e. The van der Waals surface area contributed by atoms with Gasteiger partial charge in [-0.2, -0.15) is 0 Å².